The average Bonchev–Trinajstić information content (AvgIpc) is 1.97. The van der Waals surface area contributed by atoms with E-state index in [0.717, 1.165) is 0 Å². The number of hydrogen-bond acceptors (Lipinski definition) is 3. The van der Waals surface area contributed by atoms with Gasteiger partial charge in [-0.05, 0) is 9.24 Å². The Morgan fingerprint density at radius 1 is 1.25 bits per heavy atom. The Hall–Kier alpha value is 0.0183. The molecule has 0 saturated carbocycles. The predicted molar refractivity (Wildman–Crippen MR) is 43.2 cm³/mol. The molecular weight excluding hydrogens is 351 g/mol. The van der Waals surface area contributed by atoms with Gasteiger partial charge in [0, 0.05) is 34.2 Å². The maximum Gasteiger partial charge on any atom is 0.245 e. The fraction of sp³-hybridized carbons (Fsp3) is 0.600. The second kappa shape index (κ2) is 9.11. The van der Waals surface area contributed by atoms with E-state index in [0.29, 0.717) is 13.1 Å². The van der Waals surface area contributed by atoms with Gasteiger partial charge in [0.2, 0.25) is 11.6 Å². The van der Waals surface area contributed by atoms with Crippen LogP contribution in [0, 0.1) is 0 Å². The van der Waals surface area contributed by atoms with Gasteiger partial charge in [-0.25, -0.2) is 0 Å². The van der Waals surface area contributed by atoms with Crippen LogP contribution in [0.5, 0.6) is 0 Å². The second-order valence-corrected chi connectivity index (χ2v) is 2.32. The van der Waals surface area contributed by atoms with Gasteiger partial charge in [-0.2, -0.15) is 0 Å². The molecule has 0 aromatic rings. The van der Waals surface area contributed by atoms with Gasteiger partial charge < -0.3 is 15.7 Å². The summed E-state index contributed by atoms with van der Waals surface area (Å²) >= 11 is 0. The van der Waals surface area contributed by atoms with Crippen molar-refractivity contribution in [2.24, 2.45) is 0 Å². The minimum absolute atomic E-state index is 0. The molecule has 0 aliphatic heterocycles. The van der Waals surface area contributed by atoms with E-state index in [1.807, 2.05) is 9.24 Å². The van der Waals surface area contributed by atoms with Crippen molar-refractivity contribution < 1.29 is 35.8 Å². The molecule has 0 aliphatic rings. The van der Waals surface area contributed by atoms with E-state index >= 15 is 0 Å². The number of aliphatic hydroxyl groups is 1. The molecule has 0 radical (unpaired) electrons. The summed E-state index contributed by atoms with van der Waals surface area (Å²) in [7, 11) is 1.95. The van der Waals surface area contributed by atoms with Gasteiger partial charge in [-0.15, -0.1) is 0 Å². The van der Waals surface area contributed by atoms with Crippen LogP contribution in [0.1, 0.15) is 0 Å². The van der Waals surface area contributed by atoms with Crippen LogP contribution in [-0.4, -0.2) is 36.4 Å². The molecule has 3 N–H and O–H groups in total. The average molecular weight is 362 g/mol. The number of aliphatic hydroxyl groups excluding tert-OH is 1. The third-order valence-corrected chi connectivity index (χ3v) is 1.09. The van der Waals surface area contributed by atoms with E-state index in [4.69, 9.17) is 5.11 Å². The zero-order valence-electron chi connectivity index (χ0n) is 6.37. The molecule has 1 unspecified atom stereocenters. The van der Waals surface area contributed by atoms with Gasteiger partial charge in [-0.1, -0.05) is 0 Å². The van der Waals surface area contributed by atoms with Crippen molar-refractivity contribution in [3.8, 4) is 0 Å². The van der Waals surface area contributed by atoms with E-state index < -0.39 is 12.5 Å². The Morgan fingerprint density at radius 3 is 2.17 bits per heavy atom. The van der Waals surface area contributed by atoms with Gasteiger partial charge in [0.05, 0.1) is 0 Å². The molecule has 0 aromatic heterocycles. The molecule has 0 saturated heterocycles. The van der Waals surface area contributed by atoms with Crippen LogP contribution >= 0.6 is 9.24 Å². The summed E-state index contributed by atoms with van der Waals surface area (Å²) in [6.07, 6.45) is 0. The third kappa shape index (κ3) is 10.0. The normalized spacial score (nSPS) is 8.17. The van der Waals surface area contributed by atoms with Crippen LogP contribution in [-0.2, 0) is 25.9 Å². The molecule has 1 atom stereocenters. The third-order valence-electron chi connectivity index (χ3n) is 0.890. The first-order valence-corrected chi connectivity index (χ1v) is 3.65. The number of amides is 2. The van der Waals surface area contributed by atoms with Crippen molar-refractivity contribution in [3.63, 3.8) is 0 Å². The summed E-state index contributed by atoms with van der Waals surface area (Å²) < 4.78 is 0. The van der Waals surface area contributed by atoms with E-state index in [1.54, 1.807) is 0 Å². The Kier molecular flexibility index (Phi) is 11.0. The molecule has 0 heterocycles. The summed E-state index contributed by atoms with van der Waals surface area (Å²) in [5, 5.41) is 13.1. The van der Waals surface area contributed by atoms with Gasteiger partial charge in [0.15, 0.2) is 0 Å². The van der Waals surface area contributed by atoms with E-state index in [-0.39, 0.29) is 26.7 Å². The summed E-state index contributed by atoms with van der Waals surface area (Å²) in [4.78, 5) is 20.6. The number of hydrogen-bond donors (Lipinski definition) is 3. The smallest absolute Gasteiger partial charge is 0.245 e. The molecule has 0 spiro atoms. The maximum atomic E-state index is 10.4. The zero-order valence-corrected chi connectivity index (χ0v) is 10.5. The fourth-order valence-corrected chi connectivity index (χ4v) is 0.588. The monoisotopic (exact) mass is 362 g/mol. The summed E-state index contributed by atoms with van der Waals surface area (Å²) in [6.45, 7) is 0.183. The Labute approximate surface area is 87.1 Å². The zero-order chi connectivity index (χ0) is 8.69. The summed E-state index contributed by atoms with van der Waals surface area (Å²) in [5.74, 6) is -0.442. The summed E-state index contributed by atoms with van der Waals surface area (Å²) in [5.41, 5.74) is -0.219. The Bertz CT molecular complexity index is 156. The van der Waals surface area contributed by atoms with Crippen LogP contribution < -0.4 is 10.6 Å². The molecule has 0 fully saturated rings. The first-order chi connectivity index (χ1) is 5.16. The SMILES string of the molecule is O=C(P)NCCNC(=O)CO.[W]. The van der Waals surface area contributed by atoms with E-state index in [1.165, 1.54) is 0 Å². The standard InChI is InChI=1S/C5H11N2O3P.W/c8-3-4(9)6-1-2-7-5(10)11;/h8H,1-3,11H2,(H,6,9)(H,7,10);. The van der Waals surface area contributed by atoms with Gasteiger partial charge in [-0.3, -0.25) is 9.59 Å². The van der Waals surface area contributed by atoms with E-state index in [2.05, 4.69) is 10.6 Å². The first-order valence-electron chi connectivity index (χ1n) is 3.07. The van der Waals surface area contributed by atoms with Crippen molar-refractivity contribution in [1.82, 2.24) is 10.6 Å². The van der Waals surface area contributed by atoms with Crippen LogP contribution in [0.3, 0.4) is 0 Å². The number of rotatable bonds is 4. The molecule has 7 heteroatoms. The molecule has 5 nitrogen and oxygen atoms in total. The molecular formula is C5H11N2O3PW. The van der Waals surface area contributed by atoms with Crippen LogP contribution in [0.25, 0.3) is 0 Å². The van der Waals surface area contributed by atoms with Gasteiger partial charge in [0.1, 0.15) is 6.61 Å². The number of nitrogens with one attached hydrogen (secondary N) is 2. The summed E-state index contributed by atoms with van der Waals surface area (Å²) in [6, 6.07) is 0. The molecule has 0 aliphatic carbocycles. The molecule has 0 aromatic carbocycles. The Balaban J connectivity index is 0. The number of carbonyl (C=O) groups is 2. The molecule has 2 amide bonds. The molecule has 70 valence electrons. The predicted octanol–water partition coefficient (Wildman–Crippen LogP) is -1.32. The quantitative estimate of drug-likeness (QED) is 0.429. The van der Waals surface area contributed by atoms with Crippen LogP contribution in [0.15, 0.2) is 0 Å². The molecule has 12 heavy (non-hydrogen) atoms. The molecule has 0 bridgehead atoms. The first kappa shape index (κ1) is 14.5. The van der Waals surface area contributed by atoms with Crippen molar-refractivity contribution in [2.45, 2.75) is 0 Å². The Morgan fingerprint density at radius 2 is 1.75 bits per heavy atom. The maximum absolute atomic E-state index is 10.4. The van der Waals surface area contributed by atoms with E-state index in [9.17, 15) is 9.59 Å². The number of carbonyl (C=O) groups excluding carboxylic acids is 2. The van der Waals surface area contributed by atoms with Gasteiger partial charge >= 0.3 is 0 Å². The van der Waals surface area contributed by atoms with Crippen molar-refractivity contribution in [3.05, 3.63) is 0 Å². The van der Waals surface area contributed by atoms with Gasteiger partial charge in [0.25, 0.3) is 0 Å². The molecule has 0 rings (SSSR count). The van der Waals surface area contributed by atoms with Crippen LogP contribution in [0.2, 0.25) is 0 Å². The minimum Gasteiger partial charge on any atom is -0.387 e. The largest absolute Gasteiger partial charge is 0.387 e. The van der Waals surface area contributed by atoms with Crippen LogP contribution in [0.4, 0.5) is 4.79 Å². The second-order valence-electron chi connectivity index (χ2n) is 1.80. The minimum atomic E-state index is -0.519. The van der Waals surface area contributed by atoms with Crippen molar-refractivity contribution in [1.29, 1.82) is 0 Å². The fourth-order valence-electron chi connectivity index (χ4n) is 0.444. The van der Waals surface area contributed by atoms with Crippen molar-refractivity contribution >= 4 is 20.8 Å². The van der Waals surface area contributed by atoms with Crippen molar-refractivity contribution in [2.75, 3.05) is 19.7 Å². The topological polar surface area (TPSA) is 78.4 Å².